The standard InChI is InChI=1S/C27H25F3N4O3/c28-27(29,30)37-21-7-4-19(5-8-21)34-24(35)26(11-12-26)33(25(34)36)17-18-10-13-31-23-16-20(6-9-22(18)23)32-14-2-1-3-15-32/h4-10,13,16H,1-3,11-12,14-15,17H2. The second kappa shape index (κ2) is 8.64. The van der Waals surface area contributed by atoms with Gasteiger partial charge in [0.25, 0.3) is 5.91 Å². The van der Waals surface area contributed by atoms with Gasteiger partial charge in [-0.2, -0.15) is 0 Å². The number of urea groups is 1. The van der Waals surface area contributed by atoms with Crippen LogP contribution in [0.2, 0.25) is 0 Å². The summed E-state index contributed by atoms with van der Waals surface area (Å²) in [6.07, 6.45) is 1.59. The van der Waals surface area contributed by atoms with Gasteiger partial charge in [-0.1, -0.05) is 6.07 Å². The zero-order valence-electron chi connectivity index (χ0n) is 20.0. The highest BCUT2D eigenvalue weighted by atomic mass is 19.4. The number of ether oxygens (including phenoxy) is 1. The van der Waals surface area contributed by atoms with Gasteiger partial charge >= 0.3 is 12.4 Å². The zero-order valence-corrected chi connectivity index (χ0v) is 20.0. The van der Waals surface area contributed by atoms with Crippen LogP contribution in [0, 0.1) is 0 Å². The molecule has 3 amide bonds. The Balaban J connectivity index is 1.27. The number of halogens is 3. The first kappa shape index (κ1) is 23.6. The number of alkyl halides is 3. The number of hydrogen-bond donors (Lipinski definition) is 0. The molecule has 1 aromatic heterocycles. The fraction of sp³-hybridized carbons (Fsp3) is 0.370. The van der Waals surface area contributed by atoms with E-state index in [4.69, 9.17) is 0 Å². The number of imide groups is 1. The summed E-state index contributed by atoms with van der Waals surface area (Å²) < 4.78 is 41.4. The first-order valence-electron chi connectivity index (χ1n) is 12.4. The van der Waals surface area contributed by atoms with Gasteiger partial charge in [0, 0.05) is 36.9 Å². The van der Waals surface area contributed by atoms with Crippen LogP contribution in [0.4, 0.5) is 29.3 Å². The molecule has 2 saturated heterocycles. The molecule has 3 aromatic rings. The molecule has 3 fully saturated rings. The Morgan fingerprint density at radius 2 is 1.62 bits per heavy atom. The number of rotatable bonds is 5. The summed E-state index contributed by atoms with van der Waals surface area (Å²) >= 11 is 0. The number of carbonyl (C=O) groups is 2. The summed E-state index contributed by atoms with van der Waals surface area (Å²) in [5.74, 6) is -0.770. The maximum absolute atomic E-state index is 13.5. The lowest BCUT2D eigenvalue weighted by atomic mass is 10.1. The van der Waals surface area contributed by atoms with Gasteiger partial charge < -0.3 is 14.5 Å². The van der Waals surface area contributed by atoms with Crippen LogP contribution in [-0.4, -0.2) is 46.8 Å². The summed E-state index contributed by atoms with van der Waals surface area (Å²) in [4.78, 5) is 36.4. The van der Waals surface area contributed by atoms with Crippen LogP contribution in [0.3, 0.4) is 0 Å². The summed E-state index contributed by atoms with van der Waals surface area (Å²) in [5.41, 5.74) is 2.15. The molecule has 1 saturated carbocycles. The van der Waals surface area contributed by atoms with Gasteiger partial charge in [0.2, 0.25) is 0 Å². The van der Waals surface area contributed by atoms with Gasteiger partial charge in [-0.05, 0) is 80.1 Å². The van der Waals surface area contributed by atoms with E-state index in [-0.39, 0.29) is 18.1 Å². The number of hydrogen-bond acceptors (Lipinski definition) is 5. The van der Waals surface area contributed by atoms with E-state index < -0.39 is 23.7 Å². The molecule has 2 aromatic carbocycles. The molecule has 0 radical (unpaired) electrons. The quantitative estimate of drug-likeness (QED) is 0.417. The average Bonchev–Trinajstić information content (AvgIpc) is 3.66. The van der Waals surface area contributed by atoms with Crippen LogP contribution in [-0.2, 0) is 11.3 Å². The minimum Gasteiger partial charge on any atom is -0.406 e. The van der Waals surface area contributed by atoms with Crippen LogP contribution in [0.5, 0.6) is 5.75 Å². The van der Waals surface area contributed by atoms with Crippen molar-refractivity contribution in [1.29, 1.82) is 0 Å². The number of piperidine rings is 1. The average molecular weight is 511 g/mol. The van der Waals surface area contributed by atoms with E-state index in [1.165, 1.54) is 31.4 Å². The SMILES string of the molecule is O=C1N(c2ccc(OC(F)(F)F)cc2)C(=O)C2(CC2)N1Cc1ccnc2cc(N3CCCCC3)ccc12. The molecule has 0 N–H and O–H groups in total. The van der Waals surface area contributed by atoms with Crippen molar-refractivity contribution in [2.24, 2.45) is 0 Å². The smallest absolute Gasteiger partial charge is 0.406 e. The van der Waals surface area contributed by atoms with Gasteiger partial charge in [-0.3, -0.25) is 9.78 Å². The first-order valence-corrected chi connectivity index (χ1v) is 12.4. The zero-order chi connectivity index (χ0) is 25.8. The van der Waals surface area contributed by atoms with Crippen molar-refractivity contribution in [2.75, 3.05) is 22.9 Å². The fourth-order valence-corrected chi connectivity index (χ4v) is 5.41. The summed E-state index contributed by atoms with van der Waals surface area (Å²) in [5, 5.41) is 0.923. The van der Waals surface area contributed by atoms with Gasteiger partial charge in [0.05, 0.1) is 11.2 Å². The molecule has 1 spiro atoms. The van der Waals surface area contributed by atoms with E-state index in [9.17, 15) is 22.8 Å². The summed E-state index contributed by atoms with van der Waals surface area (Å²) in [7, 11) is 0. The number of benzene rings is 2. The molecular formula is C27H25F3N4O3. The molecule has 7 nitrogen and oxygen atoms in total. The molecule has 10 heteroatoms. The largest absolute Gasteiger partial charge is 0.573 e. The highest BCUT2D eigenvalue weighted by Gasteiger charge is 2.65. The summed E-state index contributed by atoms with van der Waals surface area (Å²) in [6.45, 7) is 2.28. The van der Waals surface area contributed by atoms with Gasteiger partial charge in [0.15, 0.2) is 0 Å². The van der Waals surface area contributed by atoms with Crippen LogP contribution in [0.1, 0.15) is 37.7 Å². The van der Waals surface area contributed by atoms with Gasteiger partial charge in [-0.15, -0.1) is 13.2 Å². The third-order valence-electron chi connectivity index (χ3n) is 7.46. The Kier molecular flexibility index (Phi) is 5.50. The molecule has 3 aliphatic rings. The fourth-order valence-electron chi connectivity index (χ4n) is 5.41. The lowest BCUT2D eigenvalue weighted by Gasteiger charge is -2.29. The van der Waals surface area contributed by atoms with Crippen molar-refractivity contribution in [3.63, 3.8) is 0 Å². The predicted molar refractivity (Wildman–Crippen MR) is 131 cm³/mol. The number of nitrogens with zero attached hydrogens (tertiary/aromatic N) is 4. The van der Waals surface area contributed by atoms with Gasteiger partial charge in [0.1, 0.15) is 11.3 Å². The number of anilines is 2. The van der Waals surface area contributed by atoms with Crippen molar-refractivity contribution in [3.05, 3.63) is 60.3 Å². The molecule has 192 valence electrons. The van der Waals surface area contributed by atoms with Crippen molar-refractivity contribution in [3.8, 4) is 5.75 Å². The molecule has 0 unspecified atom stereocenters. The predicted octanol–water partition coefficient (Wildman–Crippen LogP) is 5.63. The van der Waals surface area contributed by atoms with Crippen LogP contribution < -0.4 is 14.5 Å². The Bertz CT molecular complexity index is 1370. The second-order valence-electron chi connectivity index (χ2n) is 9.80. The lowest BCUT2D eigenvalue weighted by molar-refractivity contribution is -0.274. The Hall–Kier alpha value is -3.82. The molecule has 0 bridgehead atoms. The number of fused-ring (bicyclic) bond motifs is 1. The maximum Gasteiger partial charge on any atom is 0.573 e. The van der Waals surface area contributed by atoms with E-state index >= 15 is 0 Å². The molecule has 3 heterocycles. The minimum atomic E-state index is -4.82. The molecular weight excluding hydrogens is 485 g/mol. The number of pyridine rings is 1. The Labute approximate surface area is 211 Å². The summed E-state index contributed by atoms with van der Waals surface area (Å²) in [6, 6.07) is 12.3. The van der Waals surface area contributed by atoms with Gasteiger partial charge in [-0.25, -0.2) is 9.69 Å². The van der Waals surface area contributed by atoms with E-state index in [0.29, 0.717) is 12.8 Å². The Morgan fingerprint density at radius 1 is 0.919 bits per heavy atom. The first-order chi connectivity index (χ1) is 17.7. The monoisotopic (exact) mass is 510 g/mol. The van der Waals surface area contributed by atoms with Crippen LogP contribution in [0.25, 0.3) is 10.9 Å². The van der Waals surface area contributed by atoms with E-state index in [0.717, 1.165) is 52.3 Å². The molecule has 1 aliphatic carbocycles. The lowest BCUT2D eigenvalue weighted by Crippen LogP contribution is -2.36. The number of amides is 3. The second-order valence-corrected chi connectivity index (χ2v) is 9.80. The number of aromatic nitrogens is 1. The van der Waals surface area contributed by atoms with Crippen LogP contribution in [0.15, 0.2) is 54.7 Å². The number of carbonyl (C=O) groups excluding carboxylic acids is 2. The highest BCUT2D eigenvalue weighted by molar-refractivity contribution is 6.24. The van der Waals surface area contributed by atoms with E-state index in [2.05, 4.69) is 26.8 Å². The normalized spacial score (nSPS) is 19.3. The van der Waals surface area contributed by atoms with Crippen LogP contribution >= 0.6 is 0 Å². The third kappa shape index (κ3) is 4.24. The molecule has 2 aliphatic heterocycles. The van der Waals surface area contributed by atoms with E-state index in [1.54, 1.807) is 11.1 Å². The van der Waals surface area contributed by atoms with Crippen molar-refractivity contribution >= 4 is 34.2 Å². The minimum absolute atomic E-state index is 0.212. The topological polar surface area (TPSA) is 66.0 Å². The third-order valence-corrected chi connectivity index (χ3v) is 7.46. The van der Waals surface area contributed by atoms with E-state index in [1.807, 2.05) is 12.1 Å². The molecule has 37 heavy (non-hydrogen) atoms. The molecule has 6 rings (SSSR count). The Morgan fingerprint density at radius 3 is 2.30 bits per heavy atom. The highest BCUT2D eigenvalue weighted by Crippen LogP contribution is 2.50. The van der Waals surface area contributed by atoms with Crippen molar-refractivity contribution in [2.45, 2.75) is 50.6 Å². The van der Waals surface area contributed by atoms with Crippen molar-refractivity contribution < 1.29 is 27.5 Å². The molecule has 0 atom stereocenters. The van der Waals surface area contributed by atoms with Crippen molar-refractivity contribution in [1.82, 2.24) is 9.88 Å². The maximum atomic E-state index is 13.5.